The average molecular weight is 405 g/mol. The number of hydrogen-bond acceptors (Lipinski definition) is 6. The summed E-state index contributed by atoms with van der Waals surface area (Å²) in [5.74, 6) is -0.750. The van der Waals surface area contributed by atoms with E-state index in [9.17, 15) is 13.4 Å². The summed E-state index contributed by atoms with van der Waals surface area (Å²) in [6.45, 7) is 1.50. The highest BCUT2D eigenvalue weighted by Gasteiger charge is 2.19. The number of aromatic nitrogens is 2. The summed E-state index contributed by atoms with van der Waals surface area (Å²) in [6.07, 6.45) is -0.941. The molecule has 140 valence electrons. The van der Waals surface area contributed by atoms with Crippen molar-refractivity contribution in [3.63, 3.8) is 0 Å². The molecule has 3 aromatic rings. The van der Waals surface area contributed by atoms with Gasteiger partial charge in [0.25, 0.3) is 5.91 Å². The maximum atomic E-state index is 13.6. The van der Waals surface area contributed by atoms with Crippen LogP contribution in [-0.2, 0) is 21.3 Å². The fourth-order valence-electron chi connectivity index (χ4n) is 2.13. The van der Waals surface area contributed by atoms with Gasteiger partial charge in [-0.15, -0.1) is 10.2 Å². The van der Waals surface area contributed by atoms with Crippen LogP contribution in [0.15, 0.2) is 58.9 Å². The molecule has 1 N–H and O–H groups in total. The topological polar surface area (TPSA) is 81.2 Å². The molecule has 0 bridgehead atoms. The van der Waals surface area contributed by atoms with Crippen LogP contribution in [0.25, 0.3) is 0 Å². The van der Waals surface area contributed by atoms with E-state index in [1.54, 1.807) is 6.07 Å². The van der Waals surface area contributed by atoms with Gasteiger partial charge in [0.2, 0.25) is 9.47 Å². The Labute approximate surface area is 161 Å². The second kappa shape index (κ2) is 8.83. The van der Waals surface area contributed by atoms with Gasteiger partial charge >= 0.3 is 0 Å². The Morgan fingerprint density at radius 1 is 1.19 bits per heavy atom. The van der Waals surface area contributed by atoms with Gasteiger partial charge in [0.05, 0.1) is 16.6 Å². The molecule has 0 aliphatic heterocycles. The molecule has 0 saturated heterocycles. The lowest BCUT2D eigenvalue weighted by molar-refractivity contribution is -0.122. The van der Waals surface area contributed by atoms with E-state index in [1.165, 1.54) is 25.1 Å². The lowest BCUT2D eigenvalue weighted by Crippen LogP contribution is -2.30. The number of rotatable bonds is 7. The number of carbonyl (C=O) groups excluding carboxylic acids is 1. The molecule has 0 aliphatic rings. The minimum absolute atomic E-state index is 0.0120. The van der Waals surface area contributed by atoms with E-state index >= 15 is 0 Å². The number of para-hydroxylation sites is 1. The van der Waals surface area contributed by atoms with Crippen molar-refractivity contribution in [1.82, 2.24) is 10.2 Å². The molecule has 0 fully saturated rings. The van der Waals surface area contributed by atoms with Crippen LogP contribution < -0.4 is 10.1 Å². The van der Waals surface area contributed by atoms with Crippen LogP contribution in [-0.4, -0.2) is 26.4 Å². The van der Waals surface area contributed by atoms with Gasteiger partial charge < -0.3 is 4.74 Å². The molecule has 3 rings (SSSR count). The van der Waals surface area contributed by atoms with Crippen molar-refractivity contribution >= 4 is 33.2 Å². The monoisotopic (exact) mass is 405 g/mol. The number of ether oxygens (including phenoxy) is 1. The molecule has 27 heavy (non-hydrogen) atoms. The zero-order valence-corrected chi connectivity index (χ0v) is 15.9. The van der Waals surface area contributed by atoms with Crippen LogP contribution in [0.2, 0.25) is 0 Å². The highest BCUT2D eigenvalue weighted by molar-refractivity contribution is 7.86. The van der Waals surface area contributed by atoms with Crippen LogP contribution in [0.1, 0.15) is 12.5 Å². The number of benzene rings is 2. The van der Waals surface area contributed by atoms with Crippen molar-refractivity contribution in [3.8, 4) is 5.75 Å². The molecule has 2 aromatic carbocycles. The zero-order valence-electron chi connectivity index (χ0n) is 14.3. The Morgan fingerprint density at radius 2 is 1.89 bits per heavy atom. The van der Waals surface area contributed by atoms with Crippen molar-refractivity contribution < 1.29 is 18.1 Å². The van der Waals surface area contributed by atoms with E-state index < -0.39 is 28.6 Å². The molecule has 0 radical (unpaired) electrons. The minimum atomic E-state index is -1.36. The van der Waals surface area contributed by atoms with Crippen LogP contribution in [0, 0.1) is 5.82 Å². The first-order valence-corrected chi connectivity index (χ1v) is 10.1. The fourth-order valence-corrected chi connectivity index (χ4v) is 4.15. The molecule has 2 unspecified atom stereocenters. The summed E-state index contributed by atoms with van der Waals surface area (Å²) in [5, 5.41) is 10.5. The number of nitrogens with one attached hydrogen (secondary N) is 1. The Hall–Kier alpha value is -2.65. The van der Waals surface area contributed by atoms with Gasteiger partial charge in [-0.2, -0.15) is 0 Å². The standard InChI is InChI=1S/C18H16FN3O3S2/c1-12(25-15-10-6-5-9-14(15)19)16(23)20-17-21-22-18(26-17)27(24)11-13-7-3-2-4-8-13/h2-10,12H,11H2,1H3,(H,20,21,23). The maximum Gasteiger partial charge on any atom is 0.266 e. The van der Waals surface area contributed by atoms with E-state index in [2.05, 4.69) is 15.5 Å². The molecule has 0 spiro atoms. The van der Waals surface area contributed by atoms with Crippen molar-refractivity contribution in [2.24, 2.45) is 0 Å². The summed E-state index contributed by atoms with van der Waals surface area (Å²) < 4.78 is 31.6. The van der Waals surface area contributed by atoms with Gasteiger partial charge in [-0.25, -0.2) is 4.39 Å². The van der Waals surface area contributed by atoms with Gasteiger partial charge in [0.1, 0.15) is 0 Å². The van der Waals surface area contributed by atoms with E-state index in [0.29, 0.717) is 10.1 Å². The predicted octanol–water partition coefficient (Wildman–Crippen LogP) is 3.39. The Morgan fingerprint density at radius 3 is 2.63 bits per heavy atom. The molecular formula is C18H16FN3O3S2. The maximum absolute atomic E-state index is 13.6. The van der Waals surface area contributed by atoms with Gasteiger partial charge in [0.15, 0.2) is 17.7 Å². The molecule has 0 saturated carbocycles. The highest BCUT2D eigenvalue weighted by Crippen LogP contribution is 2.22. The van der Waals surface area contributed by atoms with Crippen molar-refractivity contribution in [2.75, 3.05) is 5.32 Å². The molecule has 6 nitrogen and oxygen atoms in total. The predicted molar refractivity (Wildman–Crippen MR) is 102 cm³/mol. The summed E-state index contributed by atoms with van der Waals surface area (Å²) in [7, 11) is -1.36. The number of halogens is 1. The van der Waals surface area contributed by atoms with Crippen molar-refractivity contribution in [2.45, 2.75) is 23.1 Å². The van der Waals surface area contributed by atoms with Gasteiger partial charge in [-0.3, -0.25) is 14.3 Å². The summed E-state index contributed by atoms with van der Waals surface area (Å²) in [5.41, 5.74) is 0.920. The van der Waals surface area contributed by atoms with Gasteiger partial charge in [-0.05, 0) is 24.6 Å². The lowest BCUT2D eigenvalue weighted by Gasteiger charge is -2.13. The fraction of sp³-hybridized carbons (Fsp3) is 0.167. The minimum Gasteiger partial charge on any atom is -0.478 e. The molecular weight excluding hydrogens is 389 g/mol. The Balaban J connectivity index is 1.59. The first-order valence-electron chi connectivity index (χ1n) is 8.01. The van der Waals surface area contributed by atoms with Crippen LogP contribution in [0.4, 0.5) is 9.52 Å². The van der Waals surface area contributed by atoms with E-state index in [0.717, 1.165) is 16.9 Å². The molecule has 0 aliphatic carbocycles. The highest BCUT2D eigenvalue weighted by atomic mass is 32.2. The molecule has 2 atom stereocenters. The third-order valence-corrected chi connectivity index (χ3v) is 5.99. The largest absolute Gasteiger partial charge is 0.478 e. The van der Waals surface area contributed by atoms with Crippen LogP contribution in [0.5, 0.6) is 5.75 Å². The summed E-state index contributed by atoms with van der Waals surface area (Å²) in [4.78, 5) is 12.2. The number of amides is 1. The third kappa shape index (κ3) is 5.18. The molecule has 1 amide bonds. The Kier molecular flexibility index (Phi) is 6.25. The summed E-state index contributed by atoms with van der Waals surface area (Å²) >= 11 is 1.03. The number of hydrogen-bond donors (Lipinski definition) is 1. The number of carbonyl (C=O) groups is 1. The lowest BCUT2D eigenvalue weighted by atomic mass is 10.2. The number of anilines is 1. The van der Waals surface area contributed by atoms with Crippen LogP contribution >= 0.6 is 11.3 Å². The van der Waals surface area contributed by atoms with Gasteiger partial charge in [-0.1, -0.05) is 53.8 Å². The molecule has 1 aromatic heterocycles. The Bertz CT molecular complexity index is 950. The zero-order chi connectivity index (χ0) is 19.2. The van der Waals surface area contributed by atoms with E-state index in [-0.39, 0.29) is 10.9 Å². The van der Waals surface area contributed by atoms with Crippen molar-refractivity contribution in [1.29, 1.82) is 0 Å². The smallest absolute Gasteiger partial charge is 0.266 e. The second-order valence-corrected chi connectivity index (χ2v) is 8.13. The van der Waals surface area contributed by atoms with Crippen LogP contribution in [0.3, 0.4) is 0 Å². The first kappa shape index (κ1) is 19.1. The van der Waals surface area contributed by atoms with E-state index in [1.807, 2.05) is 30.3 Å². The number of nitrogens with zero attached hydrogens (tertiary/aromatic N) is 2. The second-order valence-electron chi connectivity index (χ2n) is 5.53. The normalized spacial score (nSPS) is 13.0. The first-order chi connectivity index (χ1) is 13.0. The average Bonchev–Trinajstić information content (AvgIpc) is 3.13. The third-order valence-electron chi connectivity index (χ3n) is 3.48. The SMILES string of the molecule is CC(Oc1ccccc1F)C(=O)Nc1nnc(S(=O)Cc2ccccc2)s1. The van der Waals surface area contributed by atoms with Gasteiger partial charge in [0, 0.05) is 0 Å². The van der Waals surface area contributed by atoms with E-state index in [4.69, 9.17) is 4.74 Å². The molecule has 9 heteroatoms. The quantitative estimate of drug-likeness (QED) is 0.610. The van der Waals surface area contributed by atoms with Crippen molar-refractivity contribution in [3.05, 3.63) is 66.0 Å². The summed E-state index contributed by atoms with van der Waals surface area (Å²) in [6, 6.07) is 15.2. The molecule has 1 heterocycles.